The lowest BCUT2D eigenvalue weighted by Gasteiger charge is -2.26. The Kier molecular flexibility index (Phi) is 3.67. The van der Waals surface area contributed by atoms with E-state index in [4.69, 9.17) is 0 Å². The molecular formula is C17H19N5O. The maximum atomic E-state index is 9.59. The molecule has 1 fully saturated rings. The molecule has 1 aliphatic rings. The molecule has 0 saturated heterocycles. The first-order valence-corrected chi connectivity index (χ1v) is 8.01. The second-order valence-electron chi connectivity index (χ2n) is 6.03. The third kappa shape index (κ3) is 2.90. The zero-order valence-corrected chi connectivity index (χ0v) is 12.7. The van der Waals surface area contributed by atoms with Gasteiger partial charge in [-0.2, -0.15) is 5.10 Å². The van der Waals surface area contributed by atoms with Crippen LogP contribution in [0.1, 0.15) is 25.7 Å². The van der Waals surface area contributed by atoms with E-state index in [0.717, 1.165) is 48.0 Å². The fraction of sp³-hybridized carbons (Fsp3) is 0.353. The zero-order valence-electron chi connectivity index (χ0n) is 12.7. The van der Waals surface area contributed by atoms with Crippen molar-refractivity contribution in [2.24, 2.45) is 0 Å². The van der Waals surface area contributed by atoms with E-state index in [1.807, 2.05) is 30.3 Å². The Hall–Kier alpha value is -2.47. The van der Waals surface area contributed by atoms with Gasteiger partial charge in [0.15, 0.2) is 0 Å². The van der Waals surface area contributed by atoms with Crippen molar-refractivity contribution in [1.29, 1.82) is 0 Å². The van der Waals surface area contributed by atoms with Crippen molar-refractivity contribution in [3.8, 4) is 11.4 Å². The van der Waals surface area contributed by atoms with E-state index in [1.165, 1.54) is 0 Å². The molecule has 118 valence electrons. The van der Waals surface area contributed by atoms with Gasteiger partial charge in [0.05, 0.1) is 17.3 Å². The van der Waals surface area contributed by atoms with Gasteiger partial charge in [0.2, 0.25) is 5.95 Å². The van der Waals surface area contributed by atoms with E-state index in [2.05, 4.69) is 25.5 Å². The van der Waals surface area contributed by atoms with Crippen LogP contribution in [0.3, 0.4) is 0 Å². The maximum absolute atomic E-state index is 9.59. The molecule has 0 unspecified atom stereocenters. The number of anilines is 1. The number of aliphatic hydroxyl groups excluding tert-OH is 1. The van der Waals surface area contributed by atoms with Crippen LogP contribution < -0.4 is 5.32 Å². The molecule has 23 heavy (non-hydrogen) atoms. The summed E-state index contributed by atoms with van der Waals surface area (Å²) in [6.45, 7) is 0. The highest BCUT2D eigenvalue weighted by atomic mass is 16.3. The summed E-state index contributed by atoms with van der Waals surface area (Å²) >= 11 is 0. The maximum Gasteiger partial charge on any atom is 0.223 e. The normalized spacial score (nSPS) is 21.4. The van der Waals surface area contributed by atoms with E-state index in [9.17, 15) is 5.11 Å². The largest absolute Gasteiger partial charge is 0.393 e. The number of hydrogen-bond donors (Lipinski definition) is 3. The highest BCUT2D eigenvalue weighted by molar-refractivity contribution is 5.91. The first-order valence-electron chi connectivity index (χ1n) is 8.01. The number of hydrogen-bond acceptors (Lipinski definition) is 5. The predicted molar refractivity (Wildman–Crippen MR) is 89.0 cm³/mol. The first-order chi connectivity index (χ1) is 11.3. The molecule has 0 atom stereocenters. The van der Waals surface area contributed by atoms with Crippen molar-refractivity contribution in [1.82, 2.24) is 20.2 Å². The van der Waals surface area contributed by atoms with Crippen LogP contribution in [0.2, 0.25) is 0 Å². The molecule has 0 bridgehead atoms. The Morgan fingerprint density at radius 2 is 1.91 bits per heavy atom. The van der Waals surface area contributed by atoms with E-state index in [1.54, 1.807) is 6.20 Å². The molecule has 6 heteroatoms. The van der Waals surface area contributed by atoms with Crippen LogP contribution in [0.5, 0.6) is 0 Å². The Morgan fingerprint density at radius 1 is 1.09 bits per heavy atom. The minimum atomic E-state index is -0.157. The molecule has 3 N–H and O–H groups in total. The molecule has 0 radical (unpaired) electrons. The minimum Gasteiger partial charge on any atom is -0.393 e. The van der Waals surface area contributed by atoms with Gasteiger partial charge in [-0.05, 0) is 37.8 Å². The number of H-pyrrole nitrogens is 1. The molecule has 1 aromatic carbocycles. The molecular weight excluding hydrogens is 290 g/mol. The number of rotatable bonds is 3. The number of aliphatic hydroxyl groups is 1. The molecule has 0 amide bonds. The van der Waals surface area contributed by atoms with Crippen molar-refractivity contribution in [2.45, 2.75) is 37.8 Å². The van der Waals surface area contributed by atoms with Crippen molar-refractivity contribution in [3.63, 3.8) is 0 Å². The van der Waals surface area contributed by atoms with Crippen LogP contribution in [0.15, 0.2) is 36.5 Å². The van der Waals surface area contributed by atoms with Gasteiger partial charge < -0.3 is 10.4 Å². The highest BCUT2D eigenvalue weighted by Crippen LogP contribution is 2.26. The lowest BCUT2D eigenvalue weighted by molar-refractivity contribution is 0.126. The standard InChI is InChI=1S/C17H19N5O/c23-12-7-5-11(6-8-12)19-17-18-10-9-15(20-17)16-13-3-1-2-4-14(13)21-22-16/h1-4,9-12,23H,5-8H2,(H,21,22)(H,18,19,20)/t11-,12-. The molecule has 2 heterocycles. The molecule has 3 aromatic rings. The number of nitrogens with zero attached hydrogens (tertiary/aromatic N) is 3. The van der Waals surface area contributed by atoms with Gasteiger partial charge in [0.25, 0.3) is 0 Å². The van der Waals surface area contributed by atoms with Gasteiger partial charge in [-0.15, -0.1) is 0 Å². The topological polar surface area (TPSA) is 86.7 Å². The van der Waals surface area contributed by atoms with E-state index in [0.29, 0.717) is 12.0 Å². The summed E-state index contributed by atoms with van der Waals surface area (Å²) in [4.78, 5) is 8.93. The summed E-state index contributed by atoms with van der Waals surface area (Å²) < 4.78 is 0. The lowest BCUT2D eigenvalue weighted by atomic mass is 9.93. The van der Waals surface area contributed by atoms with E-state index in [-0.39, 0.29) is 6.10 Å². The summed E-state index contributed by atoms with van der Waals surface area (Å²) in [7, 11) is 0. The Bertz CT molecular complexity index is 807. The summed E-state index contributed by atoms with van der Waals surface area (Å²) in [6.07, 6.45) is 5.16. The third-order valence-corrected chi connectivity index (χ3v) is 4.40. The molecule has 1 aliphatic carbocycles. The zero-order chi connectivity index (χ0) is 15.6. The second-order valence-corrected chi connectivity index (χ2v) is 6.03. The number of para-hydroxylation sites is 1. The average Bonchev–Trinajstić information content (AvgIpc) is 3.01. The Labute approximate surface area is 134 Å². The number of fused-ring (bicyclic) bond motifs is 1. The van der Waals surface area contributed by atoms with Gasteiger partial charge in [-0.25, -0.2) is 9.97 Å². The van der Waals surface area contributed by atoms with Crippen LogP contribution in [0.4, 0.5) is 5.95 Å². The monoisotopic (exact) mass is 309 g/mol. The summed E-state index contributed by atoms with van der Waals surface area (Å²) in [6, 6.07) is 10.2. The number of aromatic amines is 1. The summed E-state index contributed by atoms with van der Waals surface area (Å²) in [5.74, 6) is 0.621. The van der Waals surface area contributed by atoms with E-state index < -0.39 is 0 Å². The van der Waals surface area contributed by atoms with Crippen LogP contribution >= 0.6 is 0 Å². The smallest absolute Gasteiger partial charge is 0.223 e. The van der Waals surface area contributed by atoms with Crippen molar-refractivity contribution in [2.75, 3.05) is 5.32 Å². The molecule has 4 rings (SSSR count). The fourth-order valence-corrected chi connectivity index (χ4v) is 3.12. The number of nitrogens with one attached hydrogen (secondary N) is 2. The Morgan fingerprint density at radius 3 is 2.78 bits per heavy atom. The van der Waals surface area contributed by atoms with Crippen LogP contribution in [-0.2, 0) is 0 Å². The van der Waals surface area contributed by atoms with Gasteiger partial charge in [0.1, 0.15) is 5.69 Å². The molecule has 2 aromatic heterocycles. The third-order valence-electron chi connectivity index (χ3n) is 4.40. The van der Waals surface area contributed by atoms with Crippen LogP contribution in [0.25, 0.3) is 22.3 Å². The molecule has 1 saturated carbocycles. The first kappa shape index (κ1) is 14.1. The van der Waals surface area contributed by atoms with Gasteiger partial charge >= 0.3 is 0 Å². The van der Waals surface area contributed by atoms with Crippen LogP contribution in [0, 0.1) is 0 Å². The van der Waals surface area contributed by atoms with E-state index >= 15 is 0 Å². The molecule has 0 spiro atoms. The van der Waals surface area contributed by atoms with Crippen molar-refractivity contribution < 1.29 is 5.11 Å². The van der Waals surface area contributed by atoms with Crippen LogP contribution in [-0.4, -0.2) is 37.4 Å². The SMILES string of the molecule is O[C@H]1CC[C@H](Nc2nccc(-c3n[nH]c4ccccc34)n2)CC1. The van der Waals surface area contributed by atoms with Crippen molar-refractivity contribution >= 4 is 16.9 Å². The lowest BCUT2D eigenvalue weighted by Crippen LogP contribution is -2.28. The second kappa shape index (κ2) is 5.96. The van der Waals surface area contributed by atoms with Gasteiger partial charge in [-0.3, -0.25) is 5.10 Å². The summed E-state index contributed by atoms with van der Waals surface area (Å²) in [5, 5.41) is 21.4. The molecule has 6 nitrogen and oxygen atoms in total. The fourth-order valence-electron chi connectivity index (χ4n) is 3.12. The van der Waals surface area contributed by atoms with Gasteiger partial charge in [0, 0.05) is 17.6 Å². The minimum absolute atomic E-state index is 0.157. The summed E-state index contributed by atoms with van der Waals surface area (Å²) in [5.41, 5.74) is 2.64. The number of aromatic nitrogens is 4. The quantitative estimate of drug-likeness (QED) is 0.692. The number of benzene rings is 1. The highest BCUT2D eigenvalue weighted by Gasteiger charge is 2.20. The van der Waals surface area contributed by atoms with Crippen molar-refractivity contribution in [3.05, 3.63) is 36.5 Å². The Balaban J connectivity index is 1.59. The molecule has 0 aliphatic heterocycles. The predicted octanol–water partition coefficient (Wildman–Crippen LogP) is 2.74. The average molecular weight is 309 g/mol. The van der Waals surface area contributed by atoms with Gasteiger partial charge in [-0.1, -0.05) is 18.2 Å².